The van der Waals surface area contributed by atoms with Gasteiger partial charge < -0.3 is 4.18 Å². The van der Waals surface area contributed by atoms with Gasteiger partial charge in [-0.25, -0.2) is 0 Å². The molecule has 4 aromatic carbocycles. The van der Waals surface area contributed by atoms with Crippen LogP contribution < -0.4 is 4.18 Å². The van der Waals surface area contributed by atoms with E-state index in [1.807, 2.05) is 36.4 Å². The van der Waals surface area contributed by atoms with E-state index in [0.29, 0.717) is 11.8 Å². The van der Waals surface area contributed by atoms with Crippen LogP contribution in [0.2, 0.25) is 0 Å². The van der Waals surface area contributed by atoms with Crippen LogP contribution in [-0.4, -0.2) is 26.6 Å². The van der Waals surface area contributed by atoms with Gasteiger partial charge in [-0.15, -0.1) is 0 Å². The lowest BCUT2D eigenvalue weighted by Gasteiger charge is -2.44. The summed E-state index contributed by atoms with van der Waals surface area (Å²) in [4.78, 5) is -0.299. The summed E-state index contributed by atoms with van der Waals surface area (Å²) < 4.78 is 66.3. The molecule has 3 aliphatic rings. The van der Waals surface area contributed by atoms with Crippen molar-refractivity contribution < 1.29 is 25.6 Å². The third kappa shape index (κ3) is 3.17. The Morgan fingerprint density at radius 1 is 0.676 bits per heavy atom. The molecule has 1 unspecified atom stereocenters. The van der Waals surface area contributed by atoms with Crippen molar-refractivity contribution in [2.45, 2.75) is 28.4 Å². The maximum atomic E-state index is 13.7. The van der Waals surface area contributed by atoms with Crippen LogP contribution in [-0.2, 0) is 20.2 Å². The maximum absolute atomic E-state index is 13.7. The summed E-state index contributed by atoms with van der Waals surface area (Å²) in [5, 5.41) is -0.302. The molecule has 1 N–H and O–H groups in total. The van der Waals surface area contributed by atoms with Gasteiger partial charge in [-0.05, 0) is 40.8 Å². The molecular formula is C26H20O6S2. The molecule has 7 rings (SSSR count). The smallest absolute Gasteiger partial charge is 0.313 e. The van der Waals surface area contributed by atoms with Gasteiger partial charge in [-0.2, -0.15) is 16.8 Å². The molecule has 1 atom stereocenters. The van der Waals surface area contributed by atoms with Gasteiger partial charge in [0.15, 0.2) is 5.75 Å². The van der Waals surface area contributed by atoms with Crippen molar-refractivity contribution in [3.8, 4) is 5.75 Å². The van der Waals surface area contributed by atoms with Crippen LogP contribution >= 0.6 is 0 Å². The molecule has 6 nitrogen and oxygen atoms in total. The summed E-state index contributed by atoms with van der Waals surface area (Å²) in [5.74, 6) is -0.365. The third-order valence-corrected chi connectivity index (χ3v) is 9.48. The molecule has 4 aromatic rings. The first-order valence-corrected chi connectivity index (χ1v) is 13.8. The highest BCUT2D eigenvalue weighted by Gasteiger charge is 2.49. The number of rotatable bonds is 4. The lowest BCUT2D eigenvalue weighted by molar-refractivity contribution is 0.432. The molecular weight excluding hydrogens is 472 g/mol. The highest BCUT2D eigenvalue weighted by Crippen LogP contribution is 2.54. The van der Waals surface area contributed by atoms with E-state index in [9.17, 15) is 21.4 Å². The van der Waals surface area contributed by atoms with Crippen LogP contribution in [0, 0.1) is 0 Å². The van der Waals surface area contributed by atoms with Crippen molar-refractivity contribution in [2.24, 2.45) is 0 Å². The second-order valence-electron chi connectivity index (χ2n) is 8.72. The number of benzene rings is 4. The summed E-state index contributed by atoms with van der Waals surface area (Å²) in [6.45, 7) is 0. The van der Waals surface area contributed by atoms with E-state index < -0.39 is 25.5 Å². The van der Waals surface area contributed by atoms with Gasteiger partial charge in [-0.3, -0.25) is 4.55 Å². The third-order valence-electron chi connectivity index (χ3n) is 6.95. The van der Waals surface area contributed by atoms with Crippen molar-refractivity contribution in [3.63, 3.8) is 0 Å². The second kappa shape index (κ2) is 7.40. The summed E-state index contributed by atoms with van der Waals surface area (Å²) in [7, 11) is -8.59. The van der Waals surface area contributed by atoms with Crippen LogP contribution in [0.25, 0.3) is 10.8 Å². The van der Waals surface area contributed by atoms with Crippen LogP contribution in [0.3, 0.4) is 0 Å². The monoisotopic (exact) mass is 492 g/mol. The van der Waals surface area contributed by atoms with E-state index in [0.717, 1.165) is 22.3 Å². The zero-order chi connectivity index (χ0) is 23.7. The minimum Gasteiger partial charge on any atom is -0.382 e. The average Bonchev–Trinajstić information content (AvgIpc) is 2.83. The highest BCUT2D eigenvalue weighted by molar-refractivity contribution is 7.87. The van der Waals surface area contributed by atoms with Gasteiger partial charge >= 0.3 is 10.1 Å². The van der Waals surface area contributed by atoms with Crippen LogP contribution in [0.1, 0.15) is 40.5 Å². The van der Waals surface area contributed by atoms with Gasteiger partial charge in [0.2, 0.25) is 0 Å². The number of hydrogen-bond donors (Lipinski definition) is 1. The van der Waals surface area contributed by atoms with Crippen LogP contribution in [0.5, 0.6) is 5.75 Å². The largest absolute Gasteiger partial charge is 0.382 e. The lowest BCUT2D eigenvalue weighted by atomic mass is 9.63. The fourth-order valence-corrected chi connectivity index (χ4v) is 7.86. The van der Waals surface area contributed by atoms with Crippen molar-refractivity contribution in [2.75, 3.05) is 0 Å². The van der Waals surface area contributed by atoms with E-state index in [2.05, 4.69) is 12.1 Å². The fraction of sp³-hybridized carbons (Fsp3) is 0.154. The quantitative estimate of drug-likeness (QED) is 0.323. The zero-order valence-electron chi connectivity index (χ0n) is 17.8. The van der Waals surface area contributed by atoms with E-state index in [1.54, 1.807) is 18.2 Å². The van der Waals surface area contributed by atoms with Gasteiger partial charge in [0.25, 0.3) is 10.1 Å². The minimum atomic E-state index is -4.49. The molecule has 0 heterocycles. The summed E-state index contributed by atoms with van der Waals surface area (Å²) in [5.41, 5.74) is 4.31. The summed E-state index contributed by atoms with van der Waals surface area (Å²) in [6, 6.07) is 24.7. The molecule has 0 saturated heterocycles. The Hall–Kier alpha value is -3.20. The molecule has 0 aliphatic heterocycles. The molecule has 172 valence electrons. The fourth-order valence-electron chi connectivity index (χ4n) is 5.59. The Kier molecular flexibility index (Phi) is 4.64. The predicted octanol–water partition coefficient (Wildman–Crippen LogP) is 4.84. The standard InChI is InChI=1S/C26H20O6S2/c27-33(28,29)24-14-13-23(18-9-3-4-10-19(18)24)32-34(30,31)25-15-22-16-7-1-5-11-20(16)26(25)21-12-6-2-8-17(21)22/h1-14,22,25-26H,15H2,(H,27,28,29). The van der Waals surface area contributed by atoms with Crippen LogP contribution in [0.15, 0.2) is 89.8 Å². The van der Waals surface area contributed by atoms with Gasteiger partial charge in [0.1, 0.15) is 10.1 Å². The van der Waals surface area contributed by atoms with E-state index in [1.165, 1.54) is 18.2 Å². The Bertz CT molecular complexity index is 1630. The average molecular weight is 493 g/mol. The lowest BCUT2D eigenvalue weighted by Crippen LogP contribution is -2.42. The zero-order valence-corrected chi connectivity index (χ0v) is 19.5. The van der Waals surface area contributed by atoms with Crippen molar-refractivity contribution in [1.29, 1.82) is 0 Å². The normalized spacial score (nSPS) is 21.1. The topological polar surface area (TPSA) is 97.7 Å². The highest BCUT2D eigenvalue weighted by atomic mass is 32.2. The van der Waals surface area contributed by atoms with E-state index >= 15 is 0 Å². The Morgan fingerprint density at radius 2 is 1.21 bits per heavy atom. The summed E-state index contributed by atoms with van der Waals surface area (Å²) >= 11 is 0. The summed E-state index contributed by atoms with van der Waals surface area (Å²) in [6.07, 6.45) is 0.405. The molecule has 3 aliphatic carbocycles. The molecule has 0 fully saturated rings. The van der Waals surface area contributed by atoms with Crippen molar-refractivity contribution in [3.05, 3.63) is 107 Å². The molecule has 0 saturated carbocycles. The molecule has 0 radical (unpaired) electrons. The predicted molar refractivity (Wildman–Crippen MR) is 128 cm³/mol. The van der Waals surface area contributed by atoms with Gasteiger partial charge in [0.05, 0.1) is 0 Å². The Labute approximate surface area is 197 Å². The minimum absolute atomic E-state index is 0.0333. The van der Waals surface area contributed by atoms with E-state index in [4.69, 9.17) is 4.18 Å². The molecule has 34 heavy (non-hydrogen) atoms. The van der Waals surface area contributed by atoms with E-state index in [-0.39, 0.29) is 27.9 Å². The Morgan fingerprint density at radius 3 is 1.79 bits per heavy atom. The second-order valence-corrected chi connectivity index (χ2v) is 11.9. The first-order chi connectivity index (χ1) is 16.3. The Balaban J connectivity index is 1.46. The van der Waals surface area contributed by atoms with Crippen molar-refractivity contribution >= 4 is 31.0 Å². The van der Waals surface area contributed by atoms with Crippen molar-refractivity contribution in [1.82, 2.24) is 0 Å². The van der Waals surface area contributed by atoms with Crippen LogP contribution in [0.4, 0.5) is 0 Å². The maximum Gasteiger partial charge on any atom is 0.313 e. The van der Waals surface area contributed by atoms with Gasteiger partial charge in [0, 0.05) is 22.6 Å². The first kappa shape index (κ1) is 21.3. The number of hydrogen-bond acceptors (Lipinski definition) is 5. The SMILES string of the molecule is O=S(=O)(O)c1ccc(OS(=O)(=O)C2CC3c4ccccc4C2c2ccccc23)c2ccccc12. The molecule has 8 heteroatoms. The molecule has 0 amide bonds. The first-order valence-electron chi connectivity index (χ1n) is 10.9. The number of fused-ring (bicyclic) bond motifs is 2. The van der Waals surface area contributed by atoms with Gasteiger partial charge in [-0.1, -0.05) is 72.8 Å². The molecule has 0 aromatic heterocycles. The molecule has 2 bridgehead atoms. The molecule has 0 spiro atoms.